The largest absolute Gasteiger partial charge is 0.478 e. The van der Waals surface area contributed by atoms with Gasteiger partial charge in [-0.05, 0) is 17.7 Å². The van der Waals surface area contributed by atoms with Crippen LogP contribution in [0.1, 0.15) is 29.8 Å². The van der Waals surface area contributed by atoms with Gasteiger partial charge in [0, 0.05) is 29.7 Å². The van der Waals surface area contributed by atoms with Gasteiger partial charge < -0.3 is 15.4 Å². The molecule has 4 nitrogen and oxygen atoms in total. The van der Waals surface area contributed by atoms with Crippen molar-refractivity contribution in [2.45, 2.75) is 26.4 Å². The number of carboxylic acid groups (broad SMARTS) is 1. The second-order valence-corrected chi connectivity index (χ2v) is 4.42. The maximum absolute atomic E-state index is 10.8. The Labute approximate surface area is 99.7 Å². The lowest BCUT2D eigenvalue weighted by Gasteiger charge is -2.06. The third-order valence-corrected chi connectivity index (χ3v) is 2.72. The molecule has 0 unspecified atom stereocenters. The minimum absolute atomic E-state index is 0.308. The number of aromatic nitrogens is 1. The topological polar surface area (TPSA) is 65.1 Å². The van der Waals surface area contributed by atoms with Crippen molar-refractivity contribution in [1.29, 1.82) is 0 Å². The number of hydrogen-bond donors (Lipinski definition) is 3. The molecular weight excluding hydrogens is 216 g/mol. The smallest absolute Gasteiger partial charge is 0.335 e. The van der Waals surface area contributed by atoms with Crippen LogP contribution in [0.5, 0.6) is 0 Å². The zero-order valence-electron chi connectivity index (χ0n) is 9.95. The number of carbonyl (C=O) groups is 1. The van der Waals surface area contributed by atoms with Crippen molar-refractivity contribution in [3.63, 3.8) is 0 Å². The van der Waals surface area contributed by atoms with E-state index in [9.17, 15) is 4.79 Å². The number of aromatic amines is 1. The molecule has 1 aromatic carbocycles. The first-order valence-corrected chi connectivity index (χ1v) is 5.64. The average Bonchev–Trinajstić information content (AvgIpc) is 2.68. The van der Waals surface area contributed by atoms with Gasteiger partial charge >= 0.3 is 5.97 Å². The number of H-pyrrole nitrogens is 1. The normalized spacial score (nSPS) is 11.2. The Bertz CT molecular complexity index is 543. The predicted molar refractivity (Wildman–Crippen MR) is 67.2 cm³/mol. The summed E-state index contributed by atoms with van der Waals surface area (Å²) in [6, 6.07) is 5.58. The van der Waals surface area contributed by atoms with Crippen LogP contribution in [0.15, 0.2) is 24.4 Å². The number of rotatable bonds is 4. The third kappa shape index (κ3) is 2.47. The van der Waals surface area contributed by atoms with Crippen molar-refractivity contribution >= 4 is 16.9 Å². The van der Waals surface area contributed by atoms with Crippen LogP contribution in [-0.2, 0) is 6.54 Å². The molecule has 3 N–H and O–H groups in total. The first-order valence-electron chi connectivity index (χ1n) is 5.64. The molecule has 2 rings (SSSR count). The molecule has 0 atom stereocenters. The van der Waals surface area contributed by atoms with Crippen LogP contribution >= 0.6 is 0 Å². The summed E-state index contributed by atoms with van der Waals surface area (Å²) in [5.74, 6) is -0.900. The van der Waals surface area contributed by atoms with Gasteiger partial charge in [0.15, 0.2) is 0 Å². The molecule has 0 saturated carbocycles. The van der Waals surface area contributed by atoms with Crippen molar-refractivity contribution in [3.05, 3.63) is 35.5 Å². The van der Waals surface area contributed by atoms with Crippen LogP contribution in [0.3, 0.4) is 0 Å². The van der Waals surface area contributed by atoms with E-state index in [1.165, 1.54) is 0 Å². The molecule has 0 aliphatic rings. The van der Waals surface area contributed by atoms with Crippen LogP contribution in [0, 0.1) is 0 Å². The van der Waals surface area contributed by atoms with Gasteiger partial charge in [-0.3, -0.25) is 0 Å². The highest BCUT2D eigenvalue weighted by atomic mass is 16.4. The number of benzene rings is 1. The van der Waals surface area contributed by atoms with Crippen molar-refractivity contribution in [2.24, 2.45) is 0 Å². The maximum Gasteiger partial charge on any atom is 0.335 e. The van der Waals surface area contributed by atoms with E-state index in [4.69, 9.17) is 5.11 Å². The minimum Gasteiger partial charge on any atom is -0.478 e. The van der Waals surface area contributed by atoms with Crippen molar-refractivity contribution in [3.8, 4) is 0 Å². The molecule has 4 heteroatoms. The summed E-state index contributed by atoms with van der Waals surface area (Å²) in [6.45, 7) is 4.97. The Hall–Kier alpha value is -1.81. The molecule has 0 amide bonds. The Morgan fingerprint density at radius 2 is 2.24 bits per heavy atom. The average molecular weight is 232 g/mol. The predicted octanol–water partition coefficient (Wildman–Crippen LogP) is 2.36. The summed E-state index contributed by atoms with van der Waals surface area (Å²) >= 11 is 0. The minimum atomic E-state index is -0.900. The van der Waals surface area contributed by atoms with Gasteiger partial charge in [-0.15, -0.1) is 0 Å². The monoisotopic (exact) mass is 232 g/mol. The molecule has 2 aromatic rings. The van der Waals surface area contributed by atoms with Crippen LogP contribution in [0.2, 0.25) is 0 Å². The quantitative estimate of drug-likeness (QED) is 0.758. The fourth-order valence-electron chi connectivity index (χ4n) is 1.78. The van der Waals surface area contributed by atoms with Gasteiger partial charge in [-0.25, -0.2) is 4.79 Å². The van der Waals surface area contributed by atoms with E-state index in [1.54, 1.807) is 12.1 Å². The Morgan fingerprint density at radius 3 is 2.88 bits per heavy atom. The van der Waals surface area contributed by atoms with E-state index in [0.29, 0.717) is 11.6 Å². The lowest BCUT2D eigenvalue weighted by Crippen LogP contribution is -2.21. The van der Waals surface area contributed by atoms with E-state index in [2.05, 4.69) is 24.1 Å². The zero-order chi connectivity index (χ0) is 12.4. The van der Waals surface area contributed by atoms with E-state index in [0.717, 1.165) is 23.0 Å². The highest BCUT2D eigenvalue weighted by molar-refractivity contribution is 5.94. The van der Waals surface area contributed by atoms with Gasteiger partial charge in [0.05, 0.1) is 5.56 Å². The summed E-state index contributed by atoms with van der Waals surface area (Å²) in [5.41, 5.74) is 2.33. The summed E-state index contributed by atoms with van der Waals surface area (Å²) in [6.07, 6.45) is 1.92. The molecule has 0 bridgehead atoms. The fraction of sp³-hybridized carbons (Fsp3) is 0.308. The molecular formula is C13H16N2O2. The first kappa shape index (κ1) is 11.7. The van der Waals surface area contributed by atoms with Gasteiger partial charge in [-0.1, -0.05) is 19.9 Å². The van der Waals surface area contributed by atoms with Gasteiger partial charge in [0.2, 0.25) is 0 Å². The maximum atomic E-state index is 10.8. The summed E-state index contributed by atoms with van der Waals surface area (Å²) in [4.78, 5) is 13.9. The number of hydrogen-bond acceptors (Lipinski definition) is 2. The van der Waals surface area contributed by atoms with Crippen molar-refractivity contribution in [2.75, 3.05) is 0 Å². The summed E-state index contributed by atoms with van der Waals surface area (Å²) in [7, 11) is 0. The molecule has 0 aliphatic heterocycles. The third-order valence-electron chi connectivity index (χ3n) is 2.72. The number of carboxylic acids is 1. The second kappa shape index (κ2) is 4.59. The molecule has 0 radical (unpaired) electrons. The van der Waals surface area contributed by atoms with Crippen LogP contribution < -0.4 is 5.32 Å². The molecule has 0 aliphatic carbocycles. The van der Waals surface area contributed by atoms with Crippen molar-refractivity contribution in [1.82, 2.24) is 10.3 Å². The van der Waals surface area contributed by atoms with Crippen LogP contribution in [-0.4, -0.2) is 22.1 Å². The number of aromatic carboxylic acids is 1. The Kier molecular flexibility index (Phi) is 3.15. The molecule has 0 fully saturated rings. The Morgan fingerprint density at radius 1 is 1.47 bits per heavy atom. The first-order chi connectivity index (χ1) is 8.08. The molecule has 90 valence electrons. The lowest BCUT2D eigenvalue weighted by atomic mass is 10.1. The van der Waals surface area contributed by atoms with Crippen molar-refractivity contribution < 1.29 is 9.90 Å². The van der Waals surface area contributed by atoms with Crippen LogP contribution in [0.25, 0.3) is 10.9 Å². The van der Waals surface area contributed by atoms with Gasteiger partial charge in [-0.2, -0.15) is 0 Å². The van der Waals surface area contributed by atoms with E-state index >= 15 is 0 Å². The highest BCUT2D eigenvalue weighted by Crippen LogP contribution is 2.19. The zero-order valence-corrected chi connectivity index (χ0v) is 9.95. The highest BCUT2D eigenvalue weighted by Gasteiger charge is 2.08. The molecule has 1 aromatic heterocycles. The fourth-order valence-corrected chi connectivity index (χ4v) is 1.78. The summed E-state index contributed by atoms with van der Waals surface area (Å²) in [5, 5.41) is 13.3. The molecule has 0 saturated heterocycles. The SMILES string of the molecule is CC(C)NCc1c[nH]c2cc(C(=O)O)ccc12. The van der Waals surface area contributed by atoms with Gasteiger partial charge in [0.1, 0.15) is 0 Å². The van der Waals surface area contributed by atoms with Crippen LogP contribution in [0.4, 0.5) is 0 Å². The molecule has 1 heterocycles. The lowest BCUT2D eigenvalue weighted by molar-refractivity contribution is 0.0697. The summed E-state index contributed by atoms with van der Waals surface area (Å²) < 4.78 is 0. The molecule has 17 heavy (non-hydrogen) atoms. The van der Waals surface area contributed by atoms with E-state index in [1.807, 2.05) is 12.3 Å². The number of fused-ring (bicyclic) bond motifs is 1. The van der Waals surface area contributed by atoms with E-state index < -0.39 is 5.97 Å². The van der Waals surface area contributed by atoms with Gasteiger partial charge in [0.25, 0.3) is 0 Å². The molecule has 0 spiro atoms. The second-order valence-electron chi connectivity index (χ2n) is 4.42. The number of nitrogens with one attached hydrogen (secondary N) is 2. The van der Waals surface area contributed by atoms with E-state index in [-0.39, 0.29) is 0 Å². The standard InChI is InChI=1S/C13H16N2O2/c1-8(2)14-6-10-7-15-12-5-9(13(16)17)3-4-11(10)12/h3-5,7-8,14-15H,6H2,1-2H3,(H,16,17). The Balaban J connectivity index is 2.31.